The fourth-order valence-electron chi connectivity index (χ4n) is 16.5. The summed E-state index contributed by atoms with van der Waals surface area (Å²) in [5, 5.41) is 45.2. The molecule has 3 aliphatic heterocycles. The van der Waals surface area contributed by atoms with Gasteiger partial charge >= 0.3 is 5.97 Å². The topological polar surface area (TPSA) is 506 Å². The van der Waals surface area contributed by atoms with Crippen LogP contribution in [0.1, 0.15) is 133 Å². The smallest absolute Gasteiger partial charge is 0.305 e. The Balaban J connectivity index is 1.13. The van der Waals surface area contributed by atoms with Crippen molar-refractivity contribution in [3.63, 3.8) is 0 Å². The SMILES string of the molecule is CCCC[C@H]1C(=O)N2CCC[C@@H]2C(=O)N[C@@H](CC(=O)O)C(=O)N[C@@H](C(C)C)C(=O)N(C)[C@H](Cc2ccccc2)C(=O)N[C@@H](CCCN)C(=O)N2CCC[C@@H]2C(=O)N[C@@H](Cc2c[nH]c3ccccc23)C(=O)N[C@@H](Cc2ccc(O)cc2)C(=O)N[C@H](CC(C)C)C(=O)N[C@H](C(=O)NCC(N)=O)CSCC(=O)N[C@H](Cc2cc(F)c(F)c(F)c2)C(=O)N(C)[C@@H](Cc2ccccc2)C(=O)N1C. The summed E-state index contributed by atoms with van der Waals surface area (Å²) in [5.41, 5.74) is 13.7. The number of hydrogen-bond donors (Lipinski definition) is 14. The first-order chi connectivity index (χ1) is 62.9. The lowest BCUT2D eigenvalue weighted by molar-refractivity contribution is -0.152. The first-order valence-electron chi connectivity index (χ1n) is 44.3. The van der Waals surface area contributed by atoms with Crippen LogP contribution in [0.25, 0.3) is 10.9 Å². The lowest BCUT2D eigenvalue weighted by Crippen LogP contribution is -2.62. The zero-order valence-electron chi connectivity index (χ0n) is 75.2. The molecule has 712 valence electrons. The lowest BCUT2D eigenvalue weighted by Gasteiger charge is -2.38. The third-order valence-corrected chi connectivity index (χ3v) is 24.7. The predicted octanol–water partition coefficient (Wildman–Crippen LogP) is 2.60. The molecule has 1 aromatic heterocycles. The van der Waals surface area contributed by atoms with Gasteiger partial charge in [-0.3, -0.25) is 76.7 Å². The van der Waals surface area contributed by atoms with E-state index < -0.39 is 233 Å². The molecule has 39 heteroatoms. The van der Waals surface area contributed by atoms with Crippen LogP contribution in [-0.4, -0.2) is 272 Å². The van der Waals surface area contributed by atoms with E-state index in [9.17, 15) is 43.4 Å². The molecule has 132 heavy (non-hydrogen) atoms. The summed E-state index contributed by atoms with van der Waals surface area (Å²) >= 11 is 0.683. The maximum absolute atomic E-state index is 15.7. The van der Waals surface area contributed by atoms with Gasteiger partial charge in [0.1, 0.15) is 84.3 Å². The molecule has 3 fully saturated rings. The molecule has 0 saturated carbocycles. The highest BCUT2D eigenvalue weighted by Gasteiger charge is 2.46. The van der Waals surface area contributed by atoms with Crippen molar-refractivity contribution in [3.05, 3.63) is 173 Å². The number of aromatic hydroxyl groups is 1. The monoisotopic (exact) mass is 1850 g/mol. The molecule has 15 amide bonds. The number of H-pyrrole nitrogens is 1. The molecule has 3 aliphatic rings. The third-order valence-electron chi connectivity index (χ3n) is 23.7. The molecule has 3 saturated heterocycles. The van der Waals surface area contributed by atoms with Gasteiger partial charge in [0.2, 0.25) is 88.6 Å². The van der Waals surface area contributed by atoms with Crippen LogP contribution in [0.15, 0.2) is 128 Å². The molecule has 0 unspecified atom stereocenters. The number of rotatable bonds is 24. The number of para-hydroxylation sites is 1. The van der Waals surface area contributed by atoms with Crippen LogP contribution >= 0.6 is 11.8 Å². The number of phenols is 1. The fraction of sp³-hybridized carbons (Fsp3) is 0.484. The Morgan fingerprint density at radius 3 is 1.62 bits per heavy atom. The third kappa shape index (κ3) is 28.3. The van der Waals surface area contributed by atoms with Crippen molar-refractivity contribution in [3.8, 4) is 5.75 Å². The number of halogens is 3. The molecule has 13 atom stereocenters. The van der Waals surface area contributed by atoms with Crippen molar-refractivity contribution in [1.29, 1.82) is 0 Å². The summed E-state index contributed by atoms with van der Waals surface area (Å²) < 4.78 is 45.1. The number of carboxylic acids is 1. The Morgan fingerprint density at radius 1 is 0.523 bits per heavy atom. The molecule has 5 aromatic carbocycles. The minimum atomic E-state index is -1.93. The molecule has 6 aromatic rings. The number of aliphatic carboxylic acids is 1. The number of benzene rings is 5. The van der Waals surface area contributed by atoms with Crippen LogP contribution in [0.5, 0.6) is 5.75 Å². The van der Waals surface area contributed by atoms with E-state index >= 15 is 56.7 Å². The number of primary amides is 1. The number of amides is 15. The number of thioether (sulfide) groups is 1. The second kappa shape index (κ2) is 48.8. The number of fused-ring (bicyclic) bond motifs is 3. The van der Waals surface area contributed by atoms with Crippen LogP contribution in [0.3, 0.4) is 0 Å². The van der Waals surface area contributed by atoms with Crippen LogP contribution in [0.4, 0.5) is 13.2 Å². The van der Waals surface area contributed by atoms with E-state index in [1.807, 2.05) is 6.92 Å². The van der Waals surface area contributed by atoms with Gasteiger partial charge in [-0.25, -0.2) is 13.2 Å². The van der Waals surface area contributed by atoms with Gasteiger partial charge in [-0.1, -0.05) is 138 Å². The molecule has 9 rings (SSSR count). The van der Waals surface area contributed by atoms with E-state index in [2.05, 4.69) is 52.8 Å². The van der Waals surface area contributed by atoms with Crippen molar-refractivity contribution in [2.24, 2.45) is 23.3 Å². The first-order valence-corrected chi connectivity index (χ1v) is 45.4. The summed E-state index contributed by atoms with van der Waals surface area (Å²) in [6, 6.07) is 10.2. The number of carboxylic acid groups (broad SMARTS) is 1. The van der Waals surface area contributed by atoms with Gasteiger partial charge in [0.25, 0.3) is 0 Å². The Bertz CT molecular complexity index is 5090. The van der Waals surface area contributed by atoms with Gasteiger partial charge in [-0.05, 0) is 128 Å². The molecular weight excluding hydrogens is 1730 g/mol. The van der Waals surface area contributed by atoms with Crippen LogP contribution < -0.4 is 59.3 Å². The molecule has 0 radical (unpaired) electrons. The van der Waals surface area contributed by atoms with Crippen molar-refractivity contribution < 1.29 is 100 Å². The highest BCUT2D eigenvalue weighted by Crippen LogP contribution is 2.29. The number of phenolic OH excluding ortho intramolecular Hbond substituents is 1. The number of nitrogens with zero attached hydrogens (tertiary/aromatic N) is 5. The number of nitrogens with one attached hydrogen (secondary N) is 10. The van der Waals surface area contributed by atoms with E-state index in [4.69, 9.17) is 11.5 Å². The zero-order chi connectivity index (χ0) is 96.3. The number of aromatic amines is 1. The first kappa shape index (κ1) is 103. The Morgan fingerprint density at radius 2 is 1.04 bits per heavy atom. The van der Waals surface area contributed by atoms with Gasteiger partial charge in [0.05, 0.1) is 18.7 Å². The predicted molar refractivity (Wildman–Crippen MR) is 483 cm³/mol. The quantitative estimate of drug-likeness (QED) is 0.0387. The van der Waals surface area contributed by atoms with Gasteiger partial charge in [-0.2, -0.15) is 0 Å². The van der Waals surface area contributed by atoms with E-state index in [0.29, 0.717) is 69.9 Å². The fourth-order valence-corrected chi connectivity index (χ4v) is 17.4. The highest BCUT2D eigenvalue weighted by molar-refractivity contribution is 8.00. The molecule has 0 aliphatic carbocycles. The number of nitrogens with two attached hydrogens (primary N) is 2. The largest absolute Gasteiger partial charge is 0.508 e. The average Bonchev–Trinajstić information content (AvgIpc) is 1.54. The second-order valence-corrected chi connectivity index (χ2v) is 35.4. The minimum absolute atomic E-state index is 0.0250. The number of carbonyl (C=O) groups excluding carboxylic acids is 15. The second-order valence-electron chi connectivity index (χ2n) is 34.4. The van der Waals surface area contributed by atoms with E-state index in [0.717, 1.165) is 14.7 Å². The maximum atomic E-state index is 15.7. The number of aromatic nitrogens is 1. The number of likely N-dealkylation sites (N-methyl/N-ethyl adjacent to an activating group) is 3. The van der Waals surface area contributed by atoms with Crippen molar-refractivity contribution in [1.82, 2.24) is 77.3 Å². The van der Waals surface area contributed by atoms with Crippen LogP contribution in [0.2, 0.25) is 0 Å². The summed E-state index contributed by atoms with van der Waals surface area (Å²) in [4.78, 5) is 246. The van der Waals surface area contributed by atoms with Gasteiger partial charge in [-0.15, -0.1) is 11.8 Å². The summed E-state index contributed by atoms with van der Waals surface area (Å²) in [7, 11) is 3.80. The molecule has 4 heterocycles. The summed E-state index contributed by atoms with van der Waals surface area (Å²) in [6.07, 6.45) is -0.141. The minimum Gasteiger partial charge on any atom is -0.508 e. The van der Waals surface area contributed by atoms with Gasteiger partial charge in [0.15, 0.2) is 17.5 Å². The van der Waals surface area contributed by atoms with Gasteiger partial charge < -0.3 is 99.0 Å². The van der Waals surface area contributed by atoms with Crippen molar-refractivity contribution in [2.45, 2.75) is 216 Å². The standard InChI is InChI=1S/C93H120F3N17O18S/c1-9-10-29-73-92(130)113-38-21-31-72(113)87(125)106-68(47-78(117)118)85(123)108-80(53(4)5)93(131)110(7)74(44-54-22-13-11-14-23-54)88(126)102-64(28-19-36-97)90(128)112-37-20-30-71(112)86(124)105-67(46-58-48-99-63-27-18-17-26-60(58)63)84(122)104-66(42-56-32-34-59(114)35-33-56)83(121)103-65(39-52(2)3)82(120)107-70(81(119)100-49-76(98)115)50-132-51-77(116)101-69(43-57-40-61(94)79(96)62(95)41-57)89(127)111(8)75(91(129)109(73)6)45-55-24-15-12-16-25-55/h11-18,22-27,32-35,40-41,48,52-53,64-75,80,99,114H,9-10,19-21,28-31,36-39,42-47,49-51,97H2,1-8H3,(H2,98,115)(H,100,119)(H,101,116)(H,102,126)(H,103,121)(H,104,122)(H,105,124)(H,106,125)(H,107,120)(H,108,123)(H,117,118)/t64-,65+,66-,67-,68-,69+,70-,71+,72+,73-,74+,75-,80-/m0/s1. The Kier molecular flexibility index (Phi) is 38.0. The number of unbranched alkanes of at least 4 members (excludes halogenated alkanes) is 1. The Hall–Kier alpha value is -12.9. The number of carbonyl (C=O) groups is 16. The van der Waals surface area contributed by atoms with Crippen LogP contribution in [0, 0.1) is 29.3 Å². The summed E-state index contributed by atoms with van der Waals surface area (Å²) in [6.45, 7) is 7.52. The Labute approximate surface area is 767 Å². The average molecular weight is 1850 g/mol. The maximum Gasteiger partial charge on any atom is 0.305 e. The lowest BCUT2D eigenvalue weighted by atomic mass is 9.98. The molecule has 35 nitrogen and oxygen atoms in total. The van der Waals surface area contributed by atoms with E-state index in [1.165, 1.54) is 55.2 Å². The van der Waals surface area contributed by atoms with Crippen molar-refractivity contribution in [2.75, 3.05) is 58.8 Å². The molecule has 0 spiro atoms. The van der Waals surface area contributed by atoms with E-state index in [-0.39, 0.29) is 108 Å². The zero-order valence-corrected chi connectivity index (χ0v) is 76.0. The molecule has 0 bridgehead atoms. The highest BCUT2D eigenvalue weighted by atomic mass is 32.2. The number of hydrogen-bond acceptors (Lipinski definition) is 19. The summed E-state index contributed by atoms with van der Waals surface area (Å²) in [5.74, 6) is -23.5. The van der Waals surface area contributed by atoms with E-state index in [1.54, 1.807) is 119 Å². The normalized spacial score (nSPS) is 23.7. The van der Waals surface area contributed by atoms with Crippen LogP contribution in [-0.2, 0) is 109 Å². The molecule has 16 N–H and O–H groups in total. The molecular formula is C93H120F3N17O18S. The van der Waals surface area contributed by atoms with Gasteiger partial charge in [0, 0.05) is 89.2 Å². The van der Waals surface area contributed by atoms with Crippen molar-refractivity contribution >= 4 is 117 Å².